The Bertz CT molecular complexity index is 1010. The van der Waals surface area contributed by atoms with E-state index in [2.05, 4.69) is 5.32 Å². The highest BCUT2D eigenvalue weighted by Gasteiger charge is 2.34. The Labute approximate surface area is 180 Å². The number of ether oxygens (including phenoxy) is 1. The van der Waals surface area contributed by atoms with Gasteiger partial charge in [-0.15, -0.1) is 11.8 Å². The summed E-state index contributed by atoms with van der Waals surface area (Å²) in [6, 6.07) is 25.8. The van der Waals surface area contributed by atoms with Crippen molar-refractivity contribution >= 4 is 23.6 Å². The van der Waals surface area contributed by atoms with Gasteiger partial charge in [0.2, 0.25) is 5.91 Å². The number of carbonyl (C=O) groups is 2. The molecule has 1 fully saturated rings. The van der Waals surface area contributed by atoms with Crippen LogP contribution in [0.3, 0.4) is 0 Å². The molecule has 1 aliphatic rings. The molecular formula is C24H22N2O3S. The lowest BCUT2D eigenvalue weighted by atomic mass is 10.1. The minimum Gasteiger partial charge on any atom is -0.457 e. The molecule has 1 saturated heterocycles. The van der Waals surface area contributed by atoms with Gasteiger partial charge in [0.25, 0.3) is 5.91 Å². The average molecular weight is 419 g/mol. The fourth-order valence-electron chi connectivity index (χ4n) is 3.26. The predicted octanol–water partition coefficient (Wildman–Crippen LogP) is 4.31. The van der Waals surface area contributed by atoms with Crippen LogP contribution in [0.5, 0.6) is 11.5 Å². The lowest BCUT2D eigenvalue weighted by Gasteiger charge is -2.23. The molecule has 0 saturated carbocycles. The Hall–Kier alpha value is -3.25. The fourth-order valence-corrected chi connectivity index (χ4v) is 4.41. The van der Waals surface area contributed by atoms with Gasteiger partial charge in [0.1, 0.15) is 17.5 Å². The maximum Gasteiger partial charge on any atom is 0.255 e. The second-order valence-corrected chi connectivity index (χ2v) is 7.94. The van der Waals surface area contributed by atoms with Crippen molar-refractivity contribution in [1.29, 1.82) is 0 Å². The Morgan fingerprint density at radius 1 is 0.933 bits per heavy atom. The van der Waals surface area contributed by atoms with E-state index < -0.39 is 6.04 Å². The highest BCUT2D eigenvalue weighted by Crippen LogP contribution is 2.24. The summed E-state index contributed by atoms with van der Waals surface area (Å²) in [5, 5.41) is 2.97. The minimum absolute atomic E-state index is 0.112. The smallest absolute Gasteiger partial charge is 0.255 e. The molecule has 0 aliphatic carbocycles. The lowest BCUT2D eigenvalue weighted by molar-refractivity contribution is -0.124. The minimum atomic E-state index is -0.466. The van der Waals surface area contributed by atoms with E-state index in [1.165, 1.54) is 0 Å². The SMILES string of the molecule is O=C(NCc1cccc(Oc2ccccc2)c1)[C@@H]1CSCN1C(=O)c1ccccc1. The van der Waals surface area contributed by atoms with Crippen molar-refractivity contribution in [3.05, 3.63) is 96.1 Å². The second kappa shape index (κ2) is 9.50. The Kier molecular flexibility index (Phi) is 6.35. The molecule has 1 atom stereocenters. The van der Waals surface area contributed by atoms with Crippen LogP contribution in [-0.4, -0.2) is 34.4 Å². The number of rotatable bonds is 6. The summed E-state index contributed by atoms with van der Waals surface area (Å²) in [5.74, 6) is 2.34. The molecule has 0 bridgehead atoms. The van der Waals surface area contributed by atoms with E-state index in [4.69, 9.17) is 4.74 Å². The molecule has 3 aromatic carbocycles. The normalized spacial score (nSPS) is 15.6. The fraction of sp³-hybridized carbons (Fsp3) is 0.167. The van der Waals surface area contributed by atoms with E-state index in [-0.39, 0.29) is 11.8 Å². The summed E-state index contributed by atoms with van der Waals surface area (Å²) >= 11 is 1.59. The van der Waals surface area contributed by atoms with Crippen LogP contribution in [0.25, 0.3) is 0 Å². The van der Waals surface area contributed by atoms with Crippen molar-refractivity contribution < 1.29 is 14.3 Å². The Morgan fingerprint density at radius 3 is 2.40 bits per heavy atom. The summed E-state index contributed by atoms with van der Waals surface area (Å²) < 4.78 is 5.85. The molecule has 0 radical (unpaired) electrons. The van der Waals surface area contributed by atoms with Crippen LogP contribution in [0, 0.1) is 0 Å². The Balaban J connectivity index is 1.37. The first-order chi connectivity index (χ1) is 14.7. The maximum absolute atomic E-state index is 12.8. The number of carbonyl (C=O) groups excluding carboxylic acids is 2. The van der Waals surface area contributed by atoms with E-state index in [9.17, 15) is 9.59 Å². The van der Waals surface area contributed by atoms with E-state index in [1.54, 1.807) is 28.8 Å². The lowest BCUT2D eigenvalue weighted by Crippen LogP contribution is -2.47. The third-order valence-electron chi connectivity index (χ3n) is 4.81. The zero-order valence-electron chi connectivity index (χ0n) is 16.4. The second-order valence-electron chi connectivity index (χ2n) is 6.94. The van der Waals surface area contributed by atoms with Gasteiger partial charge >= 0.3 is 0 Å². The number of nitrogens with one attached hydrogen (secondary N) is 1. The average Bonchev–Trinajstić information content (AvgIpc) is 3.29. The first-order valence-corrected chi connectivity index (χ1v) is 10.9. The van der Waals surface area contributed by atoms with Crippen LogP contribution >= 0.6 is 11.8 Å². The topological polar surface area (TPSA) is 58.6 Å². The van der Waals surface area contributed by atoms with Gasteiger partial charge in [0.05, 0.1) is 5.88 Å². The van der Waals surface area contributed by atoms with Crippen LogP contribution in [0.1, 0.15) is 15.9 Å². The third-order valence-corrected chi connectivity index (χ3v) is 5.82. The molecule has 0 spiro atoms. The van der Waals surface area contributed by atoms with E-state index in [0.717, 1.165) is 11.3 Å². The third kappa shape index (κ3) is 4.83. The van der Waals surface area contributed by atoms with Crippen LogP contribution < -0.4 is 10.1 Å². The molecule has 2 amide bonds. The zero-order valence-corrected chi connectivity index (χ0v) is 17.2. The van der Waals surface area contributed by atoms with Crippen LogP contribution in [0.2, 0.25) is 0 Å². The van der Waals surface area contributed by atoms with Gasteiger partial charge in [-0.25, -0.2) is 0 Å². The van der Waals surface area contributed by atoms with E-state index in [1.807, 2.05) is 72.8 Å². The van der Waals surface area contributed by atoms with Crippen LogP contribution in [0.15, 0.2) is 84.9 Å². The molecule has 0 unspecified atom stereocenters. The van der Waals surface area contributed by atoms with E-state index in [0.29, 0.717) is 29.5 Å². The van der Waals surface area contributed by atoms with Crippen molar-refractivity contribution in [3.8, 4) is 11.5 Å². The van der Waals surface area contributed by atoms with Crippen molar-refractivity contribution in [2.24, 2.45) is 0 Å². The maximum atomic E-state index is 12.8. The molecule has 6 heteroatoms. The van der Waals surface area contributed by atoms with Crippen molar-refractivity contribution in [2.45, 2.75) is 12.6 Å². The van der Waals surface area contributed by atoms with Crippen LogP contribution in [-0.2, 0) is 11.3 Å². The van der Waals surface area contributed by atoms with Gasteiger partial charge < -0.3 is 15.0 Å². The molecule has 30 heavy (non-hydrogen) atoms. The molecule has 3 aromatic rings. The molecule has 0 aromatic heterocycles. The predicted molar refractivity (Wildman–Crippen MR) is 119 cm³/mol. The van der Waals surface area contributed by atoms with Crippen molar-refractivity contribution in [3.63, 3.8) is 0 Å². The monoisotopic (exact) mass is 418 g/mol. The summed E-state index contributed by atoms with van der Waals surface area (Å²) in [5.41, 5.74) is 1.53. The zero-order chi connectivity index (χ0) is 20.8. The Morgan fingerprint density at radius 2 is 1.63 bits per heavy atom. The molecular weight excluding hydrogens is 396 g/mol. The highest BCUT2D eigenvalue weighted by atomic mass is 32.2. The van der Waals surface area contributed by atoms with Gasteiger partial charge in [-0.2, -0.15) is 0 Å². The van der Waals surface area contributed by atoms with Gasteiger partial charge in [0, 0.05) is 17.9 Å². The number of para-hydroxylation sites is 1. The molecule has 1 N–H and O–H groups in total. The van der Waals surface area contributed by atoms with E-state index >= 15 is 0 Å². The number of amides is 2. The summed E-state index contributed by atoms with van der Waals surface area (Å²) in [6.45, 7) is 0.374. The van der Waals surface area contributed by atoms with Gasteiger partial charge in [-0.3, -0.25) is 9.59 Å². The summed E-state index contributed by atoms with van der Waals surface area (Å²) in [6.07, 6.45) is 0. The number of hydrogen-bond donors (Lipinski definition) is 1. The molecule has 4 rings (SSSR count). The first kappa shape index (κ1) is 20.0. The first-order valence-electron chi connectivity index (χ1n) is 9.74. The summed E-state index contributed by atoms with van der Waals surface area (Å²) in [7, 11) is 0. The van der Waals surface area contributed by atoms with Gasteiger partial charge in [0.15, 0.2) is 0 Å². The van der Waals surface area contributed by atoms with Gasteiger partial charge in [-0.05, 0) is 42.0 Å². The molecule has 1 aliphatic heterocycles. The van der Waals surface area contributed by atoms with Crippen molar-refractivity contribution in [2.75, 3.05) is 11.6 Å². The summed E-state index contributed by atoms with van der Waals surface area (Å²) in [4.78, 5) is 27.2. The van der Waals surface area contributed by atoms with Gasteiger partial charge in [-0.1, -0.05) is 48.5 Å². The number of thioether (sulfide) groups is 1. The standard InChI is InChI=1S/C24H22N2O3S/c27-23(22-16-30-17-26(22)24(28)19-9-3-1-4-10-19)25-15-18-8-7-13-21(14-18)29-20-11-5-2-6-12-20/h1-14,22H,15-17H2,(H,25,27)/t22-/m0/s1. The number of nitrogens with zero attached hydrogens (tertiary/aromatic N) is 1. The van der Waals surface area contributed by atoms with Crippen molar-refractivity contribution in [1.82, 2.24) is 10.2 Å². The van der Waals surface area contributed by atoms with Crippen LogP contribution in [0.4, 0.5) is 0 Å². The molecule has 1 heterocycles. The largest absolute Gasteiger partial charge is 0.457 e. The molecule has 152 valence electrons. The number of hydrogen-bond acceptors (Lipinski definition) is 4. The molecule has 5 nitrogen and oxygen atoms in total. The number of benzene rings is 3. The highest BCUT2D eigenvalue weighted by molar-refractivity contribution is 7.99. The quantitative estimate of drug-likeness (QED) is 0.648.